The topological polar surface area (TPSA) is 69.0 Å². The van der Waals surface area contributed by atoms with Gasteiger partial charge in [0.05, 0.1) is 18.4 Å². The van der Waals surface area contributed by atoms with E-state index in [1.807, 2.05) is 32.0 Å². The zero-order valence-corrected chi connectivity index (χ0v) is 16.7. The smallest absolute Gasteiger partial charge is 0.234 e. The normalized spacial score (nSPS) is 19.4. The number of anilines is 1. The first kappa shape index (κ1) is 18.5. The fraction of sp³-hybridized carbons (Fsp3) is 0.550. The van der Waals surface area contributed by atoms with Gasteiger partial charge in [-0.2, -0.15) is 0 Å². The predicted molar refractivity (Wildman–Crippen MR) is 106 cm³/mol. The Labute approximate surface area is 164 Å². The molecule has 2 aliphatic rings. The van der Waals surface area contributed by atoms with E-state index in [1.54, 1.807) is 0 Å². The van der Waals surface area contributed by atoms with Crippen molar-refractivity contribution in [1.29, 1.82) is 0 Å². The number of para-hydroxylation sites is 1. The number of carbonyl (C=O) groups is 1. The zero-order valence-electron chi connectivity index (χ0n) is 15.9. The van der Waals surface area contributed by atoms with Crippen LogP contribution < -0.4 is 5.32 Å². The number of aryl methyl sites for hydroxylation is 2. The third-order valence-corrected chi connectivity index (χ3v) is 6.14. The first-order valence-corrected chi connectivity index (χ1v) is 10.6. The number of nitrogens with one attached hydrogen (secondary N) is 1. The van der Waals surface area contributed by atoms with Crippen molar-refractivity contribution >= 4 is 23.4 Å². The third kappa shape index (κ3) is 4.35. The van der Waals surface area contributed by atoms with Crippen LogP contribution in [0.5, 0.6) is 0 Å². The maximum atomic E-state index is 12.5. The Morgan fingerprint density at radius 1 is 1.26 bits per heavy atom. The van der Waals surface area contributed by atoms with Gasteiger partial charge in [-0.25, -0.2) is 0 Å². The lowest BCUT2D eigenvalue weighted by Crippen LogP contribution is -2.19. The zero-order chi connectivity index (χ0) is 18.8. The Kier molecular flexibility index (Phi) is 5.50. The molecule has 2 fully saturated rings. The lowest BCUT2D eigenvalue weighted by molar-refractivity contribution is -0.113. The van der Waals surface area contributed by atoms with Crippen molar-refractivity contribution in [3.05, 3.63) is 35.2 Å². The van der Waals surface area contributed by atoms with Gasteiger partial charge in [0.15, 0.2) is 5.16 Å². The molecule has 1 aromatic heterocycles. The number of amides is 1. The summed E-state index contributed by atoms with van der Waals surface area (Å²) in [6, 6.07) is 6.02. The number of nitrogens with zero attached hydrogens (tertiary/aromatic N) is 3. The molecule has 144 valence electrons. The summed E-state index contributed by atoms with van der Waals surface area (Å²) in [5, 5.41) is 12.7. The molecule has 4 rings (SSSR count). The van der Waals surface area contributed by atoms with Gasteiger partial charge in [-0.05, 0) is 50.7 Å². The molecule has 0 unspecified atom stereocenters. The van der Waals surface area contributed by atoms with E-state index in [2.05, 4.69) is 20.1 Å². The lowest BCUT2D eigenvalue weighted by Gasteiger charge is -2.15. The molecule has 1 aromatic carbocycles. The third-order valence-electron chi connectivity index (χ3n) is 5.18. The van der Waals surface area contributed by atoms with Gasteiger partial charge >= 0.3 is 0 Å². The molecule has 2 heterocycles. The van der Waals surface area contributed by atoms with E-state index in [0.717, 1.165) is 53.8 Å². The molecule has 6 nitrogen and oxygen atoms in total. The van der Waals surface area contributed by atoms with Crippen molar-refractivity contribution in [3.8, 4) is 0 Å². The molecular weight excluding hydrogens is 360 g/mol. The quantitative estimate of drug-likeness (QED) is 0.735. The Bertz CT molecular complexity index is 805. The molecule has 7 heteroatoms. The van der Waals surface area contributed by atoms with Gasteiger partial charge in [-0.3, -0.25) is 4.79 Å². The van der Waals surface area contributed by atoms with Crippen molar-refractivity contribution in [2.75, 3.05) is 17.7 Å². The molecule has 1 N–H and O–H groups in total. The summed E-state index contributed by atoms with van der Waals surface area (Å²) in [7, 11) is 0. The average molecular weight is 387 g/mol. The summed E-state index contributed by atoms with van der Waals surface area (Å²) >= 11 is 1.46. The number of aromatic nitrogens is 3. The highest BCUT2D eigenvalue weighted by atomic mass is 32.2. The average Bonchev–Trinajstić information content (AvgIpc) is 3.21. The molecule has 1 aliphatic carbocycles. The number of rotatable bonds is 7. The van der Waals surface area contributed by atoms with E-state index in [1.165, 1.54) is 24.6 Å². The molecule has 0 radical (unpaired) electrons. The summed E-state index contributed by atoms with van der Waals surface area (Å²) in [5.74, 6) is 1.89. The minimum atomic E-state index is -0.0166. The van der Waals surface area contributed by atoms with Crippen LogP contribution in [-0.2, 0) is 16.1 Å². The van der Waals surface area contributed by atoms with Crippen molar-refractivity contribution in [1.82, 2.24) is 14.8 Å². The first-order chi connectivity index (χ1) is 13.1. The summed E-state index contributed by atoms with van der Waals surface area (Å²) in [6.45, 7) is 5.65. The van der Waals surface area contributed by atoms with E-state index in [9.17, 15) is 4.79 Å². The Balaban J connectivity index is 1.42. The summed E-state index contributed by atoms with van der Waals surface area (Å²) < 4.78 is 7.99. The standard InChI is InChI=1S/C20H26N4O2S/c1-13-5-3-6-14(2)18(13)21-17(25)12-27-20-23-22-19(15-8-9-15)24(20)11-16-7-4-10-26-16/h3,5-6,15-16H,4,7-12H2,1-2H3,(H,21,25)/t16-/m1/s1. The molecule has 1 saturated heterocycles. The van der Waals surface area contributed by atoms with Gasteiger partial charge in [0.1, 0.15) is 5.82 Å². The Hall–Kier alpha value is -1.86. The Morgan fingerprint density at radius 2 is 2.04 bits per heavy atom. The molecule has 27 heavy (non-hydrogen) atoms. The second-order valence-electron chi connectivity index (χ2n) is 7.46. The largest absolute Gasteiger partial charge is 0.376 e. The molecular formula is C20H26N4O2S. The van der Waals surface area contributed by atoms with Gasteiger partial charge in [0.25, 0.3) is 0 Å². The van der Waals surface area contributed by atoms with Crippen molar-refractivity contribution in [2.24, 2.45) is 0 Å². The van der Waals surface area contributed by atoms with Crippen molar-refractivity contribution in [2.45, 2.75) is 63.3 Å². The second kappa shape index (κ2) is 8.02. The molecule has 1 aliphatic heterocycles. The molecule has 1 atom stereocenters. The molecule has 2 aromatic rings. The number of benzene rings is 1. The number of hydrogen-bond acceptors (Lipinski definition) is 5. The number of ether oxygens (including phenoxy) is 1. The van der Waals surface area contributed by atoms with E-state index < -0.39 is 0 Å². The van der Waals surface area contributed by atoms with Crippen molar-refractivity contribution in [3.63, 3.8) is 0 Å². The van der Waals surface area contributed by atoms with Crippen LogP contribution in [0.1, 0.15) is 48.6 Å². The SMILES string of the molecule is Cc1cccc(C)c1NC(=O)CSc1nnc(C2CC2)n1C[C@H]1CCCO1. The van der Waals surface area contributed by atoms with Crippen LogP contribution in [0.3, 0.4) is 0 Å². The van der Waals surface area contributed by atoms with E-state index in [4.69, 9.17) is 4.74 Å². The molecule has 1 saturated carbocycles. The highest BCUT2D eigenvalue weighted by molar-refractivity contribution is 7.99. The first-order valence-electron chi connectivity index (χ1n) is 9.65. The highest BCUT2D eigenvalue weighted by Crippen LogP contribution is 2.40. The van der Waals surface area contributed by atoms with Crippen LogP contribution in [0.25, 0.3) is 0 Å². The van der Waals surface area contributed by atoms with Crippen LogP contribution in [0.2, 0.25) is 0 Å². The minimum Gasteiger partial charge on any atom is -0.376 e. The van der Waals surface area contributed by atoms with Gasteiger partial charge < -0.3 is 14.6 Å². The van der Waals surface area contributed by atoms with Gasteiger partial charge in [-0.15, -0.1) is 10.2 Å². The van der Waals surface area contributed by atoms with Gasteiger partial charge in [0, 0.05) is 18.2 Å². The van der Waals surface area contributed by atoms with Crippen LogP contribution in [0.15, 0.2) is 23.4 Å². The fourth-order valence-corrected chi connectivity index (χ4v) is 4.29. The molecule has 0 bridgehead atoms. The Morgan fingerprint density at radius 3 is 2.70 bits per heavy atom. The summed E-state index contributed by atoms with van der Waals surface area (Å²) in [5.41, 5.74) is 3.06. The second-order valence-corrected chi connectivity index (χ2v) is 8.41. The van der Waals surface area contributed by atoms with E-state index >= 15 is 0 Å². The van der Waals surface area contributed by atoms with Crippen LogP contribution in [0, 0.1) is 13.8 Å². The van der Waals surface area contributed by atoms with Gasteiger partial charge in [-0.1, -0.05) is 30.0 Å². The summed E-state index contributed by atoms with van der Waals surface area (Å²) in [4.78, 5) is 12.5. The highest BCUT2D eigenvalue weighted by Gasteiger charge is 2.32. The van der Waals surface area contributed by atoms with E-state index in [-0.39, 0.29) is 12.0 Å². The monoisotopic (exact) mass is 386 g/mol. The van der Waals surface area contributed by atoms with Crippen molar-refractivity contribution < 1.29 is 9.53 Å². The lowest BCUT2D eigenvalue weighted by atomic mass is 10.1. The minimum absolute atomic E-state index is 0.0166. The fourth-order valence-electron chi connectivity index (χ4n) is 3.53. The number of carbonyl (C=O) groups excluding carboxylic acids is 1. The maximum Gasteiger partial charge on any atom is 0.234 e. The molecule has 0 spiro atoms. The summed E-state index contributed by atoms with van der Waals surface area (Å²) in [6.07, 6.45) is 4.80. The number of thioether (sulfide) groups is 1. The maximum absolute atomic E-state index is 12.5. The molecule has 1 amide bonds. The number of hydrogen-bond donors (Lipinski definition) is 1. The van der Waals surface area contributed by atoms with Gasteiger partial charge in [0.2, 0.25) is 5.91 Å². The predicted octanol–water partition coefficient (Wildman–Crippen LogP) is 3.68. The van der Waals surface area contributed by atoms with Crippen LogP contribution in [0.4, 0.5) is 5.69 Å². The van der Waals surface area contributed by atoms with Crippen LogP contribution in [-0.4, -0.2) is 39.1 Å². The van der Waals surface area contributed by atoms with Crippen LogP contribution >= 0.6 is 11.8 Å². The van der Waals surface area contributed by atoms with E-state index in [0.29, 0.717) is 11.7 Å².